The quantitative estimate of drug-likeness (QED) is 0.151. The Hall–Kier alpha value is -2.55. The molecule has 0 unspecified atom stereocenters. The van der Waals surface area contributed by atoms with E-state index in [4.69, 9.17) is 9.47 Å². The molecule has 0 bridgehead atoms. The number of carbonyl (C=O) groups is 1. The molecule has 0 spiro atoms. The largest absolute Gasteiger partial charge is 0.493 e. The van der Waals surface area contributed by atoms with Crippen LogP contribution in [0, 0.1) is 5.92 Å². The molecule has 0 N–H and O–H groups in total. The summed E-state index contributed by atoms with van der Waals surface area (Å²) < 4.78 is 11.3. The summed E-state index contributed by atoms with van der Waals surface area (Å²) in [5.41, 5.74) is 2.78. The Morgan fingerprint density at radius 2 is 1.44 bits per heavy atom. The van der Waals surface area contributed by atoms with E-state index in [0.29, 0.717) is 18.1 Å². The number of carbonyl (C=O) groups excluding carboxylic acids is 1. The molecule has 3 nitrogen and oxygen atoms in total. The second kappa shape index (κ2) is 15.3. The fraction of sp³-hybridized carbons (Fsp3) is 0.483. The Kier molecular flexibility index (Phi) is 12.3. The molecule has 1 atom stereocenters. The van der Waals surface area contributed by atoms with Gasteiger partial charge in [-0.15, -0.1) is 6.58 Å². The molecule has 2 aromatic carbocycles. The molecular formula is C29H40O3. The number of unbranched alkanes of at least 4 members (excludes halogenated alkanes) is 7. The first-order valence-corrected chi connectivity index (χ1v) is 12.2. The van der Waals surface area contributed by atoms with E-state index in [1.54, 1.807) is 0 Å². The molecule has 0 amide bonds. The fourth-order valence-electron chi connectivity index (χ4n) is 3.42. The van der Waals surface area contributed by atoms with Gasteiger partial charge >= 0.3 is 5.97 Å². The Labute approximate surface area is 194 Å². The van der Waals surface area contributed by atoms with Crippen LogP contribution in [0.5, 0.6) is 5.75 Å². The lowest BCUT2D eigenvalue weighted by Crippen LogP contribution is -2.07. The van der Waals surface area contributed by atoms with Crippen molar-refractivity contribution in [2.24, 2.45) is 5.92 Å². The highest BCUT2D eigenvalue weighted by molar-refractivity contribution is 5.90. The second-order valence-corrected chi connectivity index (χ2v) is 8.61. The molecule has 3 heteroatoms. The van der Waals surface area contributed by atoms with Gasteiger partial charge in [0, 0.05) is 0 Å². The van der Waals surface area contributed by atoms with Crippen LogP contribution in [0.25, 0.3) is 11.1 Å². The van der Waals surface area contributed by atoms with Crippen LogP contribution in [0.15, 0.2) is 61.2 Å². The van der Waals surface area contributed by atoms with Crippen molar-refractivity contribution in [1.82, 2.24) is 0 Å². The zero-order valence-corrected chi connectivity index (χ0v) is 20.0. The van der Waals surface area contributed by atoms with Crippen LogP contribution in [-0.2, 0) is 4.74 Å². The molecule has 0 aliphatic carbocycles. The lowest BCUT2D eigenvalue weighted by Gasteiger charge is -2.11. The summed E-state index contributed by atoms with van der Waals surface area (Å²) in [6, 6.07) is 15.7. The third-order valence-electron chi connectivity index (χ3n) is 5.83. The van der Waals surface area contributed by atoms with E-state index < -0.39 is 0 Å². The SMILES string of the molecule is C=CCCCCCCCCCOC(=O)c1ccc(-c2ccc(OC[C@H](C)CC)cc2)cc1. The highest BCUT2D eigenvalue weighted by Gasteiger charge is 2.08. The smallest absolute Gasteiger partial charge is 0.338 e. The zero-order chi connectivity index (χ0) is 23.0. The van der Waals surface area contributed by atoms with E-state index in [9.17, 15) is 4.79 Å². The Balaban J connectivity index is 1.68. The first-order valence-electron chi connectivity index (χ1n) is 12.2. The van der Waals surface area contributed by atoms with E-state index >= 15 is 0 Å². The van der Waals surface area contributed by atoms with Gasteiger partial charge in [0.1, 0.15) is 5.75 Å². The van der Waals surface area contributed by atoms with Crippen LogP contribution in [0.1, 0.15) is 82.0 Å². The molecule has 0 aromatic heterocycles. The van der Waals surface area contributed by atoms with E-state index in [1.807, 2.05) is 42.5 Å². The van der Waals surface area contributed by atoms with Gasteiger partial charge in [-0.05, 0) is 60.6 Å². The first-order chi connectivity index (χ1) is 15.6. The summed E-state index contributed by atoms with van der Waals surface area (Å²) in [6.07, 6.45) is 12.6. The summed E-state index contributed by atoms with van der Waals surface area (Å²) in [7, 11) is 0. The maximum atomic E-state index is 12.3. The molecule has 174 valence electrons. The number of allylic oxidation sites excluding steroid dienone is 1. The van der Waals surface area contributed by atoms with E-state index in [1.165, 1.54) is 32.1 Å². The Morgan fingerprint density at radius 1 is 0.875 bits per heavy atom. The molecule has 32 heavy (non-hydrogen) atoms. The maximum absolute atomic E-state index is 12.3. The second-order valence-electron chi connectivity index (χ2n) is 8.61. The predicted octanol–water partition coefficient (Wildman–Crippen LogP) is 8.24. The van der Waals surface area contributed by atoms with Crippen molar-refractivity contribution >= 4 is 5.97 Å². The number of ether oxygens (including phenoxy) is 2. The van der Waals surface area contributed by atoms with Gasteiger partial charge in [0.25, 0.3) is 0 Å². The average molecular weight is 437 g/mol. The van der Waals surface area contributed by atoms with Gasteiger partial charge in [-0.3, -0.25) is 0 Å². The Morgan fingerprint density at radius 3 is 2.03 bits per heavy atom. The van der Waals surface area contributed by atoms with Crippen molar-refractivity contribution in [3.8, 4) is 16.9 Å². The highest BCUT2D eigenvalue weighted by Crippen LogP contribution is 2.23. The normalized spacial score (nSPS) is 11.7. The first kappa shape index (κ1) is 25.7. The molecule has 0 heterocycles. The van der Waals surface area contributed by atoms with Gasteiger partial charge in [-0.25, -0.2) is 4.79 Å². The summed E-state index contributed by atoms with van der Waals surface area (Å²) >= 11 is 0. The van der Waals surface area contributed by atoms with Gasteiger partial charge < -0.3 is 9.47 Å². The van der Waals surface area contributed by atoms with Crippen molar-refractivity contribution in [3.05, 3.63) is 66.7 Å². The van der Waals surface area contributed by atoms with Gasteiger partial charge in [0.15, 0.2) is 0 Å². The maximum Gasteiger partial charge on any atom is 0.338 e. The molecule has 2 rings (SSSR count). The third kappa shape index (κ3) is 9.72. The van der Waals surface area contributed by atoms with Gasteiger partial charge in [0.05, 0.1) is 18.8 Å². The van der Waals surface area contributed by atoms with Gasteiger partial charge in [-0.1, -0.05) is 82.7 Å². The topological polar surface area (TPSA) is 35.5 Å². The lowest BCUT2D eigenvalue weighted by atomic mass is 10.0. The molecule has 2 aromatic rings. The molecule has 0 saturated carbocycles. The minimum Gasteiger partial charge on any atom is -0.493 e. The minimum absolute atomic E-state index is 0.241. The minimum atomic E-state index is -0.241. The van der Waals surface area contributed by atoms with Gasteiger partial charge in [-0.2, -0.15) is 0 Å². The van der Waals surface area contributed by atoms with Gasteiger partial charge in [0.2, 0.25) is 0 Å². The highest BCUT2D eigenvalue weighted by atomic mass is 16.5. The molecule has 0 saturated heterocycles. The van der Waals surface area contributed by atoms with Crippen molar-refractivity contribution in [2.75, 3.05) is 13.2 Å². The number of rotatable bonds is 16. The molecule has 0 radical (unpaired) electrons. The number of esters is 1. The van der Waals surface area contributed by atoms with Crippen LogP contribution in [0.4, 0.5) is 0 Å². The fourth-order valence-corrected chi connectivity index (χ4v) is 3.42. The predicted molar refractivity (Wildman–Crippen MR) is 134 cm³/mol. The van der Waals surface area contributed by atoms with Crippen LogP contribution in [0.2, 0.25) is 0 Å². The number of benzene rings is 2. The monoisotopic (exact) mass is 436 g/mol. The molecule has 0 fully saturated rings. The van der Waals surface area contributed by atoms with Crippen LogP contribution < -0.4 is 4.74 Å². The summed E-state index contributed by atoms with van der Waals surface area (Å²) in [5, 5.41) is 0. The zero-order valence-electron chi connectivity index (χ0n) is 20.0. The number of hydrogen-bond donors (Lipinski definition) is 0. The van der Waals surface area contributed by atoms with E-state index in [-0.39, 0.29) is 5.97 Å². The van der Waals surface area contributed by atoms with Crippen molar-refractivity contribution < 1.29 is 14.3 Å². The van der Waals surface area contributed by atoms with Crippen molar-refractivity contribution in [2.45, 2.75) is 71.6 Å². The van der Waals surface area contributed by atoms with Crippen LogP contribution in [0.3, 0.4) is 0 Å². The number of hydrogen-bond acceptors (Lipinski definition) is 3. The third-order valence-corrected chi connectivity index (χ3v) is 5.83. The Bertz CT molecular complexity index is 777. The average Bonchev–Trinajstić information content (AvgIpc) is 2.84. The molecule has 0 aliphatic heterocycles. The molecule has 0 aliphatic rings. The van der Waals surface area contributed by atoms with Crippen LogP contribution >= 0.6 is 0 Å². The van der Waals surface area contributed by atoms with Crippen molar-refractivity contribution in [3.63, 3.8) is 0 Å². The van der Waals surface area contributed by atoms with E-state index in [2.05, 4.69) is 32.6 Å². The summed E-state index contributed by atoms with van der Waals surface area (Å²) in [4.78, 5) is 12.3. The van der Waals surface area contributed by atoms with E-state index in [0.717, 1.165) is 49.2 Å². The summed E-state index contributed by atoms with van der Waals surface area (Å²) in [5.74, 6) is 1.20. The summed E-state index contributed by atoms with van der Waals surface area (Å²) in [6.45, 7) is 9.35. The van der Waals surface area contributed by atoms with Crippen LogP contribution in [-0.4, -0.2) is 19.2 Å². The lowest BCUT2D eigenvalue weighted by molar-refractivity contribution is 0.0497. The standard InChI is InChI=1S/C29H40O3/c1-4-6-7-8-9-10-11-12-13-22-31-29(30)27-16-14-25(15-17-27)26-18-20-28(21-19-26)32-23-24(3)5-2/h4,14-21,24H,1,5-13,22-23H2,2-3H3/t24-/m1/s1. The van der Waals surface area contributed by atoms with Crippen molar-refractivity contribution in [1.29, 1.82) is 0 Å². The molecular weight excluding hydrogens is 396 g/mol.